The Balaban J connectivity index is 1.76. The zero-order chi connectivity index (χ0) is 18.8. The Kier molecular flexibility index (Phi) is 6.02. The number of β-amino-alcohol motifs (C(OH)–C–C–N with tert-alkyl or cyclic N) is 1. The van der Waals surface area contributed by atoms with Crippen LogP contribution in [0.25, 0.3) is 0 Å². The molecule has 0 aromatic heterocycles. The summed E-state index contributed by atoms with van der Waals surface area (Å²) in [5.74, 6) is -0.238. The molecule has 0 unspecified atom stereocenters. The van der Waals surface area contributed by atoms with E-state index in [0.29, 0.717) is 13.1 Å². The van der Waals surface area contributed by atoms with Crippen LogP contribution < -0.4 is 5.32 Å². The predicted octanol–water partition coefficient (Wildman–Crippen LogP) is -1.62. The number of likely N-dealkylation sites (N-methyl/N-ethyl adjacent to an activating group) is 1. The number of urea groups is 1. The summed E-state index contributed by atoms with van der Waals surface area (Å²) in [4.78, 5) is 42.6. The maximum Gasteiger partial charge on any atom is 0.325 e. The van der Waals surface area contributed by atoms with E-state index in [1.807, 2.05) is 0 Å². The molecule has 0 radical (unpaired) electrons. The van der Waals surface area contributed by atoms with Gasteiger partial charge in [0, 0.05) is 46.8 Å². The van der Waals surface area contributed by atoms with E-state index in [1.165, 1.54) is 0 Å². The van der Waals surface area contributed by atoms with Crippen molar-refractivity contribution >= 4 is 17.8 Å². The second kappa shape index (κ2) is 7.67. The van der Waals surface area contributed by atoms with E-state index >= 15 is 0 Å². The molecule has 4 amide bonds. The molecule has 2 N–H and O–H groups in total. The second-order valence-electron chi connectivity index (χ2n) is 7.49. The third kappa shape index (κ3) is 4.90. The van der Waals surface area contributed by atoms with Gasteiger partial charge in [-0.2, -0.15) is 0 Å². The summed E-state index contributed by atoms with van der Waals surface area (Å²) in [7, 11) is 3.48. The summed E-state index contributed by atoms with van der Waals surface area (Å²) in [6, 6.07) is -0.457. The minimum Gasteiger partial charge on any atom is -0.390 e. The first-order chi connectivity index (χ1) is 11.6. The monoisotopic (exact) mass is 355 g/mol. The lowest BCUT2D eigenvalue weighted by molar-refractivity contribution is -0.131. The van der Waals surface area contributed by atoms with E-state index in [4.69, 9.17) is 0 Å². The minimum absolute atomic E-state index is 0.00652. The van der Waals surface area contributed by atoms with E-state index in [2.05, 4.69) is 15.1 Å². The molecule has 0 saturated carbocycles. The predicted molar refractivity (Wildman–Crippen MR) is 91.9 cm³/mol. The smallest absolute Gasteiger partial charge is 0.325 e. The molecule has 2 saturated heterocycles. The number of imide groups is 1. The summed E-state index contributed by atoms with van der Waals surface area (Å²) in [5.41, 5.74) is -0.915. The molecule has 1 atom stereocenters. The highest BCUT2D eigenvalue weighted by molar-refractivity contribution is 6.06. The third-order valence-corrected chi connectivity index (χ3v) is 4.63. The molecule has 2 rings (SSSR count). The Labute approximate surface area is 148 Å². The van der Waals surface area contributed by atoms with Crippen molar-refractivity contribution in [1.29, 1.82) is 0 Å². The van der Waals surface area contributed by atoms with Crippen molar-refractivity contribution in [3.8, 4) is 0 Å². The van der Waals surface area contributed by atoms with Crippen LogP contribution in [0.3, 0.4) is 0 Å². The molecule has 0 aromatic carbocycles. The van der Waals surface area contributed by atoms with E-state index in [1.54, 1.807) is 32.8 Å². The van der Waals surface area contributed by atoms with E-state index < -0.39 is 17.7 Å². The summed E-state index contributed by atoms with van der Waals surface area (Å²) in [5, 5.41) is 12.9. The zero-order valence-electron chi connectivity index (χ0n) is 15.5. The van der Waals surface area contributed by atoms with Crippen molar-refractivity contribution in [2.24, 2.45) is 0 Å². The zero-order valence-corrected chi connectivity index (χ0v) is 15.5. The van der Waals surface area contributed by atoms with Crippen LogP contribution in [0.2, 0.25) is 0 Å². The number of aliphatic hydroxyl groups is 1. The van der Waals surface area contributed by atoms with E-state index in [9.17, 15) is 19.5 Å². The molecule has 2 aliphatic heterocycles. The lowest BCUT2D eigenvalue weighted by Gasteiger charge is -2.35. The van der Waals surface area contributed by atoms with Gasteiger partial charge in [-0.25, -0.2) is 4.79 Å². The Hall–Kier alpha value is -1.71. The highest BCUT2D eigenvalue weighted by Crippen LogP contribution is 2.17. The van der Waals surface area contributed by atoms with Crippen molar-refractivity contribution in [2.75, 3.05) is 59.9 Å². The topological polar surface area (TPSA) is 96.4 Å². The molecule has 9 heteroatoms. The van der Waals surface area contributed by atoms with Crippen LogP contribution in [0.1, 0.15) is 13.8 Å². The summed E-state index contributed by atoms with van der Waals surface area (Å²) >= 11 is 0. The van der Waals surface area contributed by atoms with Gasteiger partial charge in [-0.3, -0.25) is 24.3 Å². The number of rotatable bonds is 6. The molecule has 2 aliphatic rings. The number of carbonyl (C=O) groups is 3. The summed E-state index contributed by atoms with van der Waals surface area (Å²) in [6.45, 7) is 7.07. The fourth-order valence-electron chi connectivity index (χ4n) is 3.01. The van der Waals surface area contributed by atoms with Crippen LogP contribution in [0.4, 0.5) is 4.79 Å². The lowest BCUT2D eigenvalue weighted by Crippen LogP contribution is -2.52. The van der Waals surface area contributed by atoms with Crippen molar-refractivity contribution in [3.05, 3.63) is 0 Å². The van der Waals surface area contributed by atoms with Gasteiger partial charge >= 0.3 is 6.03 Å². The van der Waals surface area contributed by atoms with Crippen LogP contribution >= 0.6 is 0 Å². The normalized spacial score (nSPS) is 22.8. The first-order valence-electron chi connectivity index (χ1n) is 8.57. The van der Waals surface area contributed by atoms with Crippen molar-refractivity contribution in [2.45, 2.75) is 25.5 Å². The fourth-order valence-corrected chi connectivity index (χ4v) is 3.01. The molecule has 0 spiro atoms. The quantitative estimate of drug-likeness (QED) is 0.556. The van der Waals surface area contributed by atoms with Crippen molar-refractivity contribution in [1.82, 2.24) is 24.9 Å². The molecule has 2 fully saturated rings. The average Bonchev–Trinajstić information content (AvgIpc) is 2.71. The second-order valence-corrected chi connectivity index (χ2v) is 7.49. The SMILES string of the molecule is CN(C)C(=O)CN1CCN(C[C@H](O)CN2C(=O)NC(C)(C)C2=O)CC1. The van der Waals surface area contributed by atoms with Gasteiger partial charge in [0.15, 0.2) is 0 Å². The van der Waals surface area contributed by atoms with Gasteiger partial charge < -0.3 is 15.3 Å². The number of nitrogens with one attached hydrogen (secondary N) is 1. The van der Waals surface area contributed by atoms with Gasteiger partial charge in [0.1, 0.15) is 5.54 Å². The fraction of sp³-hybridized carbons (Fsp3) is 0.812. The maximum atomic E-state index is 12.1. The lowest BCUT2D eigenvalue weighted by atomic mass is 10.1. The Morgan fingerprint density at radius 1 is 1.16 bits per heavy atom. The number of amides is 4. The Bertz CT molecular complexity index is 529. The van der Waals surface area contributed by atoms with Crippen LogP contribution in [0, 0.1) is 0 Å². The Morgan fingerprint density at radius 2 is 1.72 bits per heavy atom. The molecule has 0 bridgehead atoms. The highest BCUT2D eigenvalue weighted by Gasteiger charge is 2.44. The number of carbonyl (C=O) groups excluding carboxylic acids is 3. The van der Waals surface area contributed by atoms with Gasteiger partial charge in [0.25, 0.3) is 5.91 Å². The van der Waals surface area contributed by atoms with Gasteiger partial charge in [0.05, 0.1) is 19.2 Å². The molecule has 0 aliphatic carbocycles. The molecular weight excluding hydrogens is 326 g/mol. The minimum atomic E-state index is -0.915. The standard InChI is InChI=1S/C16H29N5O4/c1-16(2)14(24)21(15(25)17-16)10-12(22)9-19-5-7-20(8-6-19)11-13(23)18(3)4/h12,22H,5-11H2,1-4H3,(H,17,25)/t12-/m0/s1. The summed E-state index contributed by atoms with van der Waals surface area (Å²) < 4.78 is 0. The number of piperazine rings is 1. The molecule has 142 valence electrons. The number of hydrogen-bond acceptors (Lipinski definition) is 6. The van der Waals surface area contributed by atoms with Crippen molar-refractivity contribution < 1.29 is 19.5 Å². The molecular formula is C16H29N5O4. The van der Waals surface area contributed by atoms with Crippen LogP contribution in [0.5, 0.6) is 0 Å². The van der Waals surface area contributed by atoms with Gasteiger partial charge in [-0.15, -0.1) is 0 Å². The molecule has 9 nitrogen and oxygen atoms in total. The molecule has 25 heavy (non-hydrogen) atoms. The third-order valence-electron chi connectivity index (χ3n) is 4.63. The number of nitrogens with zero attached hydrogens (tertiary/aromatic N) is 4. The maximum absolute atomic E-state index is 12.1. The molecule has 0 aromatic rings. The average molecular weight is 355 g/mol. The highest BCUT2D eigenvalue weighted by atomic mass is 16.3. The number of hydrogen-bond donors (Lipinski definition) is 2. The van der Waals surface area contributed by atoms with E-state index in [0.717, 1.165) is 31.1 Å². The summed E-state index contributed by atoms with van der Waals surface area (Å²) in [6.07, 6.45) is -0.793. The van der Waals surface area contributed by atoms with Crippen LogP contribution in [-0.2, 0) is 9.59 Å². The number of aliphatic hydroxyl groups excluding tert-OH is 1. The van der Waals surface area contributed by atoms with E-state index in [-0.39, 0.29) is 18.4 Å². The van der Waals surface area contributed by atoms with Crippen LogP contribution in [-0.4, -0.2) is 114 Å². The largest absolute Gasteiger partial charge is 0.390 e. The van der Waals surface area contributed by atoms with Gasteiger partial charge in [-0.1, -0.05) is 0 Å². The first-order valence-corrected chi connectivity index (χ1v) is 8.57. The first kappa shape index (κ1) is 19.6. The van der Waals surface area contributed by atoms with Crippen LogP contribution in [0.15, 0.2) is 0 Å². The van der Waals surface area contributed by atoms with Gasteiger partial charge in [0.2, 0.25) is 5.91 Å². The van der Waals surface area contributed by atoms with Crippen molar-refractivity contribution in [3.63, 3.8) is 0 Å². The Morgan fingerprint density at radius 3 is 2.20 bits per heavy atom. The molecule has 2 heterocycles. The van der Waals surface area contributed by atoms with Gasteiger partial charge in [-0.05, 0) is 13.8 Å².